The highest BCUT2D eigenvalue weighted by atomic mass is 16.6. The van der Waals surface area contributed by atoms with E-state index in [1.165, 1.54) is 19.2 Å². The molecular formula is C24H24N4O6. The summed E-state index contributed by atoms with van der Waals surface area (Å²) in [5.41, 5.74) is 2.08. The van der Waals surface area contributed by atoms with Crippen LogP contribution in [0.5, 0.6) is 11.5 Å². The number of benzene rings is 2. The number of non-ortho nitro benzene ring substituents is 1. The molecule has 0 saturated carbocycles. The van der Waals surface area contributed by atoms with Gasteiger partial charge in [0.2, 0.25) is 0 Å². The number of anilines is 2. The number of hydrogen-bond donors (Lipinski definition) is 1. The molecule has 1 aromatic heterocycles. The zero-order chi connectivity index (χ0) is 23.9. The van der Waals surface area contributed by atoms with Crippen molar-refractivity contribution in [2.75, 3.05) is 43.6 Å². The molecule has 10 nitrogen and oxygen atoms in total. The molecule has 34 heavy (non-hydrogen) atoms. The Kier molecular flexibility index (Phi) is 7.19. The molecule has 0 atom stereocenters. The minimum Gasteiger partial charge on any atom is -0.493 e. The number of nitro benzene ring substituents is 1. The third-order valence-electron chi connectivity index (χ3n) is 5.35. The Hall–Kier alpha value is -4.18. The van der Waals surface area contributed by atoms with Gasteiger partial charge in [-0.25, -0.2) is 0 Å². The van der Waals surface area contributed by atoms with Crippen molar-refractivity contribution in [1.29, 1.82) is 0 Å². The smallest absolute Gasteiger partial charge is 0.270 e. The third-order valence-corrected chi connectivity index (χ3v) is 5.35. The van der Waals surface area contributed by atoms with Crippen LogP contribution in [0.3, 0.4) is 0 Å². The SMILES string of the molecule is COc1ccc(NC(=O)c2cc([N+](=O)[O-])ccc2N2CCOCC2)cc1OCc1ccncc1. The first-order valence-corrected chi connectivity index (χ1v) is 10.7. The Morgan fingerprint density at radius 1 is 1.12 bits per heavy atom. The third kappa shape index (κ3) is 5.41. The average Bonchev–Trinajstić information content (AvgIpc) is 2.88. The summed E-state index contributed by atoms with van der Waals surface area (Å²) in [5.74, 6) is 0.497. The number of ether oxygens (including phenoxy) is 3. The molecule has 2 heterocycles. The van der Waals surface area contributed by atoms with Gasteiger partial charge >= 0.3 is 0 Å². The Bertz CT molecular complexity index is 1170. The maximum Gasteiger partial charge on any atom is 0.270 e. The minimum absolute atomic E-state index is 0.154. The predicted molar refractivity (Wildman–Crippen MR) is 126 cm³/mol. The van der Waals surface area contributed by atoms with E-state index in [0.29, 0.717) is 55.8 Å². The number of aromatic nitrogens is 1. The van der Waals surface area contributed by atoms with Crippen LogP contribution in [0, 0.1) is 10.1 Å². The van der Waals surface area contributed by atoms with E-state index in [9.17, 15) is 14.9 Å². The zero-order valence-corrected chi connectivity index (χ0v) is 18.6. The highest BCUT2D eigenvalue weighted by Gasteiger charge is 2.22. The summed E-state index contributed by atoms with van der Waals surface area (Å²) in [7, 11) is 1.53. The van der Waals surface area contributed by atoms with Gasteiger partial charge in [0, 0.05) is 49.4 Å². The van der Waals surface area contributed by atoms with E-state index in [0.717, 1.165) is 5.56 Å². The maximum absolute atomic E-state index is 13.2. The van der Waals surface area contributed by atoms with Crippen LogP contribution >= 0.6 is 0 Å². The number of rotatable bonds is 8. The molecule has 3 aromatic rings. The number of morpholine rings is 1. The van der Waals surface area contributed by atoms with E-state index >= 15 is 0 Å². The van der Waals surface area contributed by atoms with E-state index < -0.39 is 10.8 Å². The summed E-state index contributed by atoms with van der Waals surface area (Å²) in [6, 6.07) is 13.0. The Morgan fingerprint density at radius 2 is 1.88 bits per heavy atom. The lowest BCUT2D eigenvalue weighted by molar-refractivity contribution is -0.384. The monoisotopic (exact) mass is 464 g/mol. The first kappa shape index (κ1) is 23.0. The van der Waals surface area contributed by atoms with Crippen LogP contribution in [0.15, 0.2) is 60.9 Å². The van der Waals surface area contributed by atoms with Crippen molar-refractivity contribution in [1.82, 2.24) is 4.98 Å². The molecule has 1 N–H and O–H groups in total. The van der Waals surface area contributed by atoms with E-state index in [-0.39, 0.29) is 11.3 Å². The second-order valence-electron chi connectivity index (χ2n) is 7.52. The van der Waals surface area contributed by atoms with Gasteiger partial charge in [0.05, 0.1) is 36.5 Å². The standard InChI is InChI=1S/C24H24N4O6/c1-32-22-5-2-18(14-23(22)34-16-17-6-8-25-9-7-17)26-24(29)20-15-19(28(30)31)3-4-21(20)27-10-12-33-13-11-27/h2-9,14-15H,10-13,16H2,1H3,(H,26,29). The van der Waals surface area contributed by atoms with Crippen LogP contribution in [-0.4, -0.2) is 49.2 Å². The molecule has 10 heteroatoms. The number of hydrogen-bond acceptors (Lipinski definition) is 8. The molecule has 1 saturated heterocycles. The lowest BCUT2D eigenvalue weighted by Gasteiger charge is -2.30. The Labute approximate surface area is 196 Å². The van der Waals surface area contributed by atoms with Crippen molar-refractivity contribution in [3.63, 3.8) is 0 Å². The number of nitro groups is 1. The molecule has 0 aliphatic carbocycles. The number of nitrogens with one attached hydrogen (secondary N) is 1. The van der Waals surface area contributed by atoms with Gasteiger partial charge in [-0.1, -0.05) is 0 Å². The second kappa shape index (κ2) is 10.6. The quantitative estimate of drug-likeness (QED) is 0.397. The molecule has 4 rings (SSSR count). The molecule has 2 aromatic carbocycles. The molecule has 1 aliphatic rings. The van der Waals surface area contributed by atoms with Gasteiger partial charge in [0.1, 0.15) is 6.61 Å². The van der Waals surface area contributed by atoms with Crippen LogP contribution < -0.4 is 19.7 Å². The molecule has 0 unspecified atom stereocenters. The van der Waals surface area contributed by atoms with Gasteiger partial charge in [0.25, 0.3) is 11.6 Å². The van der Waals surface area contributed by atoms with Gasteiger partial charge in [-0.3, -0.25) is 19.9 Å². The molecule has 1 fully saturated rings. The lowest BCUT2D eigenvalue weighted by atomic mass is 10.1. The number of methoxy groups -OCH3 is 1. The summed E-state index contributed by atoms with van der Waals surface area (Å²) in [4.78, 5) is 30.0. The van der Waals surface area contributed by atoms with Crippen LogP contribution in [0.25, 0.3) is 0 Å². The lowest BCUT2D eigenvalue weighted by Crippen LogP contribution is -2.37. The summed E-state index contributed by atoms with van der Waals surface area (Å²) >= 11 is 0. The molecular weight excluding hydrogens is 440 g/mol. The van der Waals surface area contributed by atoms with E-state index in [4.69, 9.17) is 14.2 Å². The molecule has 0 bridgehead atoms. The first-order chi connectivity index (χ1) is 16.5. The number of carbonyl (C=O) groups excluding carboxylic acids is 1. The van der Waals surface area contributed by atoms with Gasteiger partial charge < -0.3 is 24.4 Å². The van der Waals surface area contributed by atoms with E-state index in [1.54, 1.807) is 36.7 Å². The fraction of sp³-hybridized carbons (Fsp3) is 0.250. The van der Waals surface area contributed by atoms with E-state index in [2.05, 4.69) is 10.3 Å². The van der Waals surface area contributed by atoms with E-state index in [1.807, 2.05) is 17.0 Å². The zero-order valence-electron chi connectivity index (χ0n) is 18.6. The minimum atomic E-state index is -0.516. The van der Waals surface area contributed by atoms with Gasteiger partial charge in [0.15, 0.2) is 11.5 Å². The molecule has 176 valence electrons. The van der Waals surface area contributed by atoms with Gasteiger partial charge in [-0.05, 0) is 35.9 Å². The summed E-state index contributed by atoms with van der Waals surface area (Å²) in [6.45, 7) is 2.52. The van der Waals surface area contributed by atoms with Crippen molar-refractivity contribution >= 4 is 23.0 Å². The maximum atomic E-state index is 13.2. The van der Waals surface area contributed by atoms with Crippen molar-refractivity contribution in [2.45, 2.75) is 6.61 Å². The predicted octanol–water partition coefficient (Wildman–Crippen LogP) is 3.67. The van der Waals surface area contributed by atoms with Crippen molar-refractivity contribution in [3.8, 4) is 11.5 Å². The van der Waals surface area contributed by atoms with Gasteiger partial charge in [-0.2, -0.15) is 0 Å². The molecule has 0 radical (unpaired) electrons. The number of carbonyl (C=O) groups is 1. The summed E-state index contributed by atoms with van der Waals surface area (Å²) in [6.07, 6.45) is 3.36. The highest BCUT2D eigenvalue weighted by molar-refractivity contribution is 6.08. The molecule has 1 aliphatic heterocycles. The summed E-state index contributed by atoms with van der Waals surface area (Å²) < 4.78 is 16.7. The molecule has 1 amide bonds. The summed E-state index contributed by atoms with van der Waals surface area (Å²) in [5, 5.41) is 14.2. The highest BCUT2D eigenvalue weighted by Crippen LogP contribution is 2.32. The van der Waals surface area contributed by atoms with Crippen molar-refractivity contribution in [2.24, 2.45) is 0 Å². The normalized spacial score (nSPS) is 13.3. The fourth-order valence-electron chi connectivity index (χ4n) is 3.61. The number of amides is 1. The Morgan fingerprint density at radius 3 is 2.59 bits per heavy atom. The van der Waals surface area contributed by atoms with Crippen molar-refractivity contribution in [3.05, 3.63) is 82.2 Å². The second-order valence-corrected chi connectivity index (χ2v) is 7.52. The van der Waals surface area contributed by atoms with Crippen LogP contribution in [0.1, 0.15) is 15.9 Å². The molecule has 0 spiro atoms. The Balaban J connectivity index is 1.58. The first-order valence-electron chi connectivity index (χ1n) is 10.7. The average molecular weight is 464 g/mol. The van der Waals surface area contributed by atoms with Crippen LogP contribution in [0.2, 0.25) is 0 Å². The van der Waals surface area contributed by atoms with Crippen LogP contribution in [-0.2, 0) is 11.3 Å². The number of nitrogens with zero attached hydrogens (tertiary/aromatic N) is 3. The van der Waals surface area contributed by atoms with Crippen LogP contribution in [0.4, 0.5) is 17.1 Å². The fourth-order valence-corrected chi connectivity index (χ4v) is 3.61. The largest absolute Gasteiger partial charge is 0.493 e. The van der Waals surface area contributed by atoms with Crippen molar-refractivity contribution < 1.29 is 23.9 Å². The van der Waals surface area contributed by atoms with Gasteiger partial charge in [-0.15, -0.1) is 0 Å². The number of pyridine rings is 1. The topological polar surface area (TPSA) is 116 Å².